The predicted octanol–water partition coefficient (Wildman–Crippen LogP) is 0.562. The summed E-state index contributed by atoms with van der Waals surface area (Å²) in [5, 5.41) is 3.69. The Bertz CT molecular complexity index is 362. The Kier molecular flexibility index (Phi) is 4.16. The highest BCUT2D eigenvalue weighted by Crippen LogP contribution is 2.08. The van der Waals surface area contributed by atoms with Gasteiger partial charge >= 0.3 is 0 Å². The Morgan fingerprint density at radius 2 is 2.29 bits per heavy atom. The smallest absolute Gasteiger partial charge is 0.255 e. The lowest BCUT2D eigenvalue weighted by Crippen LogP contribution is -2.21. The second kappa shape index (κ2) is 5.17. The van der Waals surface area contributed by atoms with E-state index in [0.717, 1.165) is 24.2 Å². The summed E-state index contributed by atoms with van der Waals surface area (Å²) in [6.45, 7) is 2.67. The highest BCUT2D eigenvalue weighted by Gasteiger charge is 2.06. The van der Waals surface area contributed by atoms with E-state index in [9.17, 15) is 4.79 Å². The Morgan fingerprint density at radius 1 is 1.57 bits per heavy atom. The number of H-pyrrole nitrogens is 1. The molecule has 0 aliphatic rings. The third-order valence-corrected chi connectivity index (χ3v) is 2.60. The topological polar surface area (TPSA) is 57.8 Å². The monoisotopic (exact) mass is 213 g/mol. The Hall–Kier alpha value is -0.810. The van der Waals surface area contributed by atoms with Crippen LogP contribution in [0.4, 0.5) is 0 Å². The number of nitrogens with one attached hydrogen (secondary N) is 2. The fourth-order valence-electron chi connectivity index (χ4n) is 1.23. The molecule has 1 aromatic heterocycles. The average molecular weight is 213 g/mol. The van der Waals surface area contributed by atoms with Crippen LogP contribution in [0.2, 0.25) is 0 Å². The van der Waals surface area contributed by atoms with E-state index < -0.39 is 0 Å². The number of hydrogen-bond acceptors (Lipinski definition) is 4. The fourth-order valence-corrected chi connectivity index (χ4v) is 1.65. The van der Waals surface area contributed by atoms with Gasteiger partial charge in [0.15, 0.2) is 5.16 Å². The first-order chi connectivity index (χ1) is 6.69. The zero-order valence-electron chi connectivity index (χ0n) is 8.68. The van der Waals surface area contributed by atoms with Crippen molar-refractivity contribution in [2.24, 2.45) is 0 Å². The van der Waals surface area contributed by atoms with Crippen LogP contribution in [0, 0.1) is 6.92 Å². The summed E-state index contributed by atoms with van der Waals surface area (Å²) >= 11 is 1.45. The summed E-state index contributed by atoms with van der Waals surface area (Å²) in [6, 6.07) is 0. The van der Waals surface area contributed by atoms with E-state index in [1.54, 1.807) is 0 Å². The maximum absolute atomic E-state index is 11.6. The largest absolute Gasteiger partial charge is 0.319 e. The number of aryl methyl sites for hydroxylation is 1. The fraction of sp³-hybridized carbons (Fsp3) is 0.556. The van der Waals surface area contributed by atoms with Gasteiger partial charge in [0.1, 0.15) is 0 Å². The lowest BCUT2D eigenvalue weighted by atomic mass is 10.2. The maximum atomic E-state index is 11.6. The van der Waals surface area contributed by atoms with Gasteiger partial charge in [-0.15, -0.1) is 0 Å². The molecule has 0 aromatic carbocycles. The molecule has 0 amide bonds. The lowest BCUT2D eigenvalue weighted by Gasteiger charge is -2.04. The van der Waals surface area contributed by atoms with Crippen molar-refractivity contribution in [2.75, 3.05) is 19.8 Å². The van der Waals surface area contributed by atoms with Crippen molar-refractivity contribution in [3.8, 4) is 0 Å². The van der Waals surface area contributed by atoms with Gasteiger partial charge < -0.3 is 10.3 Å². The summed E-state index contributed by atoms with van der Waals surface area (Å²) in [7, 11) is 1.87. The van der Waals surface area contributed by atoms with Crippen LogP contribution in [0.3, 0.4) is 0 Å². The minimum absolute atomic E-state index is 0.0166. The van der Waals surface area contributed by atoms with Crippen LogP contribution in [0.15, 0.2) is 9.95 Å². The van der Waals surface area contributed by atoms with E-state index in [4.69, 9.17) is 0 Å². The van der Waals surface area contributed by atoms with E-state index in [0.29, 0.717) is 5.16 Å². The van der Waals surface area contributed by atoms with Crippen molar-refractivity contribution in [3.63, 3.8) is 0 Å². The highest BCUT2D eigenvalue weighted by atomic mass is 32.2. The van der Waals surface area contributed by atoms with Crippen molar-refractivity contribution < 1.29 is 0 Å². The molecular formula is C9H15N3OS. The van der Waals surface area contributed by atoms with E-state index in [2.05, 4.69) is 15.3 Å². The second-order valence-electron chi connectivity index (χ2n) is 2.99. The predicted molar refractivity (Wildman–Crippen MR) is 59.0 cm³/mol. The van der Waals surface area contributed by atoms with Crippen molar-refractivity contribution in [1.29, 1.82) is 0 Å². The molecule has 14 heavy (non-hydrogen) atoms. The van der Waals surface area contributed by atoms with Gasteiger partial charge in [-0.3, -0.25) is 4.79 Å². The number of aromatic amines is 1. The van der Waals surface area contributed by atoms with Gasteiger partial charge in [0.25, 0.3) is 5.56 Å². The van der Waals surface area contributed by atoms with Crippen LogP contribution in [-0.2, 0) is 6.42 Å². The summed E-state index contributed by atoms with van der Waals surface area (Å²) in [4.78, 5) is 18.6. The van der Waals surface area contributed by atoms with Gasteiger partial charge in [-0.1, -0.05) is 11.8 Å². The molecule has 2 N–H and O–H groups in total. The minimum Gasteiger partial charge on any atom is -0.319 e. The van der Waals surface area contributed by atoms with E-state index >= 15 is 0 Å². The van der Waals surface area contributed by atoms with Crippen molar-refractivity contribution in [2.45, 2.75) is 18.5 Å². The molecule has 0 unspecified atom stereocenters. The molecule has 0 radical (unpaired) electrons. The van der Waals surface area contributed by atoms with Gasteiger partial charge in [-0.2, -0.15) is 0 Å². The molecular weight excluding hydrogens is 198 g/mol. The first-order valence-electron chi connectivity index (χ1n) is 4.47. The molecule has 0 aliphatic carbocycles. The van der Waals surface area contributed by atoms with Crippen molar-refractivity contribution in [3.05, 3.63) is 21.6 Å². The van der Waals surface area contributed by atoms with Crippen LogP contribution in [0.25, 0.3) is 0 Å². The minimum atomic E-state index is -0.0166. The Morgan fingerprint density at radius 3 is 2.79 bits per heavy atom. The van der Waals surface area contributed by atoms with E-state index in [1.807, 2.05) is 20.2 Å². The molecule has 5 heteroatoms. The zero-order valence-corrected chi connectivity index (χ0v) is 9.49. The molecule has 4 nitrogen and oxygen atoms in total. The number of rotatable bonds is 4. The second-order valence-corrected chi connectivity index (χ2v) is 3.79. The molecule has 0 saturated heterocycles. The van der Waals surface area contributed by atoms with Crippen molar-refractivity contribution in [1.82, 2.24) is 15.3 Å². The van der Waals surface area contributed by atoms with Crippen LogP contribution in [0.5, 0.6) is 0 Å². The summed E-state index contributed by atoms with van der Waals surface area (Å²) in [5.41, 5.74) is 1.59. The molecule has 0 atom stereocenters. The van der Waals surface area contributed by atoms with Crippen LogP contribution in [0.1, 0.15) is 11.3 Å². The molecule has 1 rings (SSSR count). The standard InChI is InChI=1S/C9H15N3OS/c1-6-7(4-5-10-2)8(13)12-9(11-6)14-3/h10H,4-5H2,1-3H3,(H,11,12,13). The number of thioether (sulfide) groups is 1. The Labute approximate surface area is 87.5 Å². The number of nitrogens with zero attached hydrogens (tertiary/aromatic N) is 1. The van der Waals surface area contributed by atoms with Gasteiger partial charge in [0.2, 0.25) is 0 Å². The maximum Gasteiger partial charge on any atom is 0.255 e. The third kappa shape index (κ3) is 2.59. The molecule has 0 saturated carbocycles. The van der Waals surface area contributed by atoms with E-state index in [1.165, 1.54) is 11.8 Å². The normalized spacial score (nSPS) is 10.5. The van der Waals surface area contributed by atoms with Gasteiger partial charge in [0, 0.05) is 11.3 Å². The number of aromatic nitrogens is 2. The third-order valence-electron chi connectivity index (χ3n) is 2.02. The molecule has 1 aromatic rings. The zero-order chi connectivity index (χ0) is 10.6. The summed E-state index contributed by atoms with van der Waals surface area (Å²) in [6.07, 6.45) is 2.62. The Balaban J connectivity index is 3.00. The number of likely N-dealkylation sites (N-methyl/N-ethyl adjacent to an activating group) is 1. The van der Waals surface area contributed by atoms with Crippen molar-refractivity contribution >= 4 is 11.8 Å². The summed E-state index contributed by atoms with van der Waals surface area (Å²) < 4.78 is 0. The van der Waals surface area contributed by atoms with Crippen LogP contribution in [-0.4, -0.2) is 29.8 Å². The summed E-state index contributed by atoms with van der Waals surface area (Å²) in [5.74, 6) is 0. The number of hydrogen-bond donors (Lipinski definition) is 2. The average Bonchev–Trinajstić information content (AvgIpc) is 2.16. The van der Waals surface area contributed by atoms with Crippen LogP contribution >= 0.6 is 11.8 Å². The lowest BCUT2D eigenvalue weighted by molar-refractivity contribution is 0.760. The highest BCUT2D eigenvalue weighted by molar-refractivity contribution is 7.98. The molecule has 1 heterocycles. The molecule has 78 valence electrons. The van der Waals surface area contributed by atoms with Crippen LogP contribution < -0.4 is 10.9 Å². The first kappa shape index (κ1) is 11.3. The first-order valence-corrected chi connectivity index (χ1v) is 5.70. The van der Waals surface area contributed by atoms with E-state index in [-0.39, 0.29) is 5.56 Å². The molecule has 0 spiro atoms. The SMILES string of the molecule is CNCCc1c(C)nc(SC)[nH]c1=O. The van der Waals surface area contributed by atoms with Gasteiger partial charge in [-0.05, 0) is 33.2 Å². The quantitative estimate of drug-likeness (QED) is 0.567. The molecule has 0 fully saturated rings. The molecule has 0 bridgehead atoms. The van der Waals surface area contributed by atoms with Gasteiger partial charge in [0.05, 0.1) is 0 Å². The van der Waals surface area contributed by atoms with Gasteiger partial charge in [-0.25, -0.2) is 4.98 Å². The molecule has 0 aliphatic heterocycles.